The Kier molecular flexibility index (Phi) is 4.80. The van der Waals surface area contributed by atoms with E-state index in [-0.39, 0.29) is 11.8 Å². The van der Waals surface area contributed by atoms with Crippen LogP contribution in [0.25, 0.3) is 0 Å². The minimum absolute atomic E-state index is 0.219. The maximum absolute atomic E-state index is 12.0. The largest absolute Gasteiger partial charge is 0.384 e. The fourth-order valence-electron chi connectivity index (χ4n) is 2.71. The van der Waals surface area contributed by atoms with Gasteiger partial charge in [0.2, 0.25) is 5.91 Å². The number of carbonyl (C=O) groups excluding carboxylic acids is 2. The maximum atomic E-state index is 12.0. The van der Waals surface area contributed by atoms with Gasteiger partial charge in [-0.1, -0.05) is 19.3 Å². The summed E-state index contributed by atoms with van der Waals surface area (Å²) >= 11 is 0. The van der Waals surface area contributed by atoms with Gasteiger partial charge in [-0.25, -0.2) is 0 Å². The standard InChI is InChI=1S/C14H24N2O3/c1-11(17)14(19)16-9-7-15(8-10-16)13(18)6-5-12-3-2-4-12/h11-12,17H,2-10H2,1H3. The van der Waals surface area contributed by atoms with E-state index in [1.807, 2.05) is 4.90 Å². The molecule has 2 aliphatic rings. The predicted octanol–water partition coefficient (Wildman–Crippen LogP) is 0.618. The summed E-state index contributed by atoms with van der Waals surface area (Å²) in [7, 11) is 0. The quantitative estimate of drug-likeness (QED) is 0.813. The number of aliphatic hydroxyl groups excluding tert-OH is 1. The van der Waals surface area contributed by atoms with Crippen molar-refractivity contribution in [2.75, 3.05) is 26.2 Å². The van der Waals surface area contributed by atoms with Crippen LogP contribution in [-0.2, 0) is 9.59 Å². The molecule has 0 aromatic rings. The van der Waals surface area contributed by atoms with E-state index in [1.54, 1.807) is 4.90 Å². The number of hydrogen-bond donors (Lipinski definition) is 1. The van der Waals surface area contributed by atoms with Gasteiger partial charge in [-0.3, -0.25) is 9.59 Å². The summed E-state index contributed by atoms with van der Waals surface area (Å²) in [6.45, 7) is 3.76. The summed E-state index contributed by atoms with van der Waals surface area (Å²) in [6.07, 6.45) is 4.61. The first-order valence-corrected chi connectivity index (χ1v) is 7.32. The molecule has 1 N–H and O–H groups in total. The zero-order valence-electron chi connectivity index (χ0n) is 11.7. The van der Waals surface area contributed by atoms with Crippen LogP contribution in [0.15, 0.2) is 0 Å². The van der Waals surface area contributed by atoms with Crippen LogP contribution in [0.3, 0.4) is 0 Å². The molecule has 5 heteroatoms. The van der Waals surface area contributed by atoms with Crippen molar-refractivity contribution < 1.29 is 14.7 Å². The third-order valence-corrected chi connectivity index (χ3v) is 4.29. The van der Waals surface area contributed by atoms with Crippen LogP contribution in [0.4, 0.5) is 0 Å². The van der Waals surface area contributed by atoms with Crippen molar-refractivity contribution in [1.82, 2.24) is 9.80 Å². The second-order valence-corrected chi connectivity index (χ2v) is 5.72. The highest BCUT2D eigenvalue weighted by Gasteiger charge is 2.26. The smallest absolute Gasteiger partial charge is 0.251 e. The van der Waals surface area contributed by atoms with E-state index in [4.69, 9.17) is 0 Å². The Balaban J connectivity index is 1.69. The molecular formula is C14H24N2O3. The summed E-state index contributed by atoms with van der Waals surface area (Å²) in [5, 5.41) is 9.26. The van der Waals surface area contributed by atoms with Gasteiger partial charge in [0.05, 0.1) is 0 Å². The van der Waals surface area contributed by atoms with E-state index >= 15 is 0 Å². The predicted molar refractivity (Wildman–Crippen MR) is 71.4 cm³/mol. The van der Waals surface area contributed by atoms with Crippen LogP contribution in [0, 0.1) is 5.92 Å². The summed E-state index contributed by atoms with van der Waals surface area (Å²) < 4.78 is 0. The van der Waals surface area contributed by atoms with E-state index in [0.29, 0.717) is 32.6 Å². The molecule has 108 valence electrons. The Morgan fingerprint density at radius 2 is 1.74 bits per heavy atom. The Morgan fingerprint density at radius 3 is 2.21 bits per heavy atom. The van der Waals surface area contributed by atoms with Crippen LogP contribution in [-0.4, -0.2) is 59.0 Å². The normalized spacial score (nSPS) is 22.0. The molecule has 1 heterocycles. The maximum Gasteiger partial charge on any atom is 0.251 e. The van der Waals surface area contributed by atoms with Gasteiger partial charge < -0.3 is 14.9 Å². The molecule has 19 heavy (non-hydrogen) atoms. The molecule has 1 atom stereocenters. The minimum Gasteiger partial charge on any atom is -0.384 e. The molecule has 0 spiro atoms. The molecule has 2 fully saturated rings. The zero-order valence-corrected chi connectivity index (χ0v) is 11.7. The van der Waals surface area contributed by atoms with Crippen molar-refractivity contribution in [3.63, 3.8) is 0 Å². The average Bonchev–Trinajstić information content (AvgIpc) is 2.36. The lowest BCUT2D eigenvalue weighted by atomic mass is 9.82. The first-order valence-electron chi connectivity index (χ1n) is 7.32. The highest BCUT2D eigenvalue weighted by atomic mass is 16.3. The van der Waals surface area contributed by atoms with Crippen molar-refractivity contribution in [3.05, 3.63) is 0 Å². The van der Waals surface area contributed by atoms with Crippen molar-refractivity contribution in [1.29, 1.82) is 0 Å². The van der Waals surface area contributed by atoms with Gasteiger partial charge in [0.25, 0.3) is 5.91 Å². The molecule has 2 amide bonds. The molecule has 1 unspecified atom stereocenters. The van der Waals surface area contributed by atoms with Gasteiger partial charge in [-0.15, -0.1) is 0 Å². The molecule has 5 nitrogen and oxygen atoms in total. The molecular weight excluding hydrogens is 244 g/mol. The van der Waals surface area contributed by atoms with Gasteiger partial charge >= 0.3 is 0 Å². The van der Waals surface area contributed by atoms with E-state index in [0.717, 1.165) is 12.3 Å². The molecule has 1 aliphatic carbocycles. The van der Waals surface area contributed by atoms with E-state index in [1.165, 1.54) is 26.2 Å². The second kappa shape index (κ2) is 6.37. The fourth-order valence-corrected chi connectivity index (χ4v) is 2.71. The van der Waals surface area contributed by atoms with E-state index in [9.17, 15) is 14.7 Å². The van der Waals surface area contributed by atoms with Crippen LogP contribution in [0.2, 0.25) is 0 Å². The number of aliphatic hydroxyl groups is 1. The van der Waals surface area contributed by atoms with Gasteiger partial charge in [0, 0.05) is 32.6 Å². The number of carbonyl (C=O) groups is 2. The minimum atomic E-state index is -0.944. The lowest BCUT2D eigenvalue weighted by Gasteiger charge is -2.36. The van der Waals surface area contributed by atoms with Gasteiger partial charge in [-0.2, -0.15) is 0 Å². The zero-order chi connectivity index (χ0) is 13.8. The summed E-state index contributed by atoms with van der Waals surface area (Å²) in [6, 6.07) is 0. The van der Waals surface area contributed by atoms with E-state index < -0.39 is 6.10 Å². The summed E-state index contributed by atoms with van der Waals surface area (Å²) in [5.74, 6) is 0.750. The molecule has 0 radical (unpaired) electrons. The van der Waals surface area contributed by atoms with Gasteiger partial charge in [0.15, 0.2) is 0 Å². The highest BCUT2D eigenvalue weighted by molar-refractivity contribution is 5.81. The number of rotatable bonds is 4. The van der Waals surface area contributed by atoms with Gasteiger partial charge in [0.1, 0.15) is 6.10 Å². The third kappa shape index (κ3) is 3.69. The SMILES string of the molecule is CC(O)C(=O)N1CCN(C(=O)CCC2CCC2)CC1. The van der Waals surface area contributed by atoms with Crippen molar-refractivity contribution >= 4 is 11.8 Å². The molecule has 1 saturated carbocycles. The first kappa shape index (κ1) is 14.3. The van der Waals surface area contributed by atoms with Gasteiger partial charge in [-0.05, 0) is 19.3 Å². The Morgan fingerprint density at radius 1 is 1.16 bits per heavy atom. The highest BCUT2D eigenvalue weighted by Crippen LogP contribution is 2.30. The number of piperazine rings is 1. The Hall–Kier alpha value is -1.10. The van der Waals surface area contributed by atoms with Crippen molar-refractivity contribution in [3.8, 4) is 0 Å². The van der Waals surface area contributed by atoms with Crippen LogP contribution >= 0.6 is 0 Å². The average molecular weight is 268 g/mol. The second-order valence-electron chi connectivity index (χ2n) is 5.72. The number of amides is 2. The van der Waals surface area contributed by atoms with Crippen LogP contribution in [0.1, 0.15) is 39.0 Å². The molecule has 0 bridgehead atoms. The topological polar surface area (TPSA) is 60.9 Å². The van der Waals surface area contributed by atoms with Crippen molar-refractivity contribution in [2.24, 2.45) is 5.92 Å². The lowest BCUT2D eigenvalue weighted by molar-refractivity contribution is -0.144. The van der Waals surface area contributed by atoms with Crippen LogP contribution in [0.5, 0.6) is 0 Å². The Bertz CT molecular complexity index is 332. The molecule has 1 aliphatic heterocycles. The van der Waals surface area contributed by atoms with E-state index in [2.05, 4.69) is 0 Å². The fraction of sp³-hybridized carbons (Fsp3) is 0.857. The lowest BCUT2D eigenvalue weighted by Crippen LogP contribution is -2.52. The van der Waals surface area contributed by atoms with Crippen LogP contribution < -0.4 is 0 Å². The molecule has 0 aromatic heterocycles. The van der Waals surface area contributed by atoms with Crippen molar-refractivity contribution in [2.45, 2.75) is 45.1 Å². The monoisotopic (exact) mass is 268 g/mol. The first-order chi connectivity index (χ1) is 9.08. The summed E-state index contributed by atoms with van der Waals surface area (Å²) in [4.78, 5) is 27.1. The third-order valence-electron chi connectivity index (χ3n) is 4.29. The number of nitrogens with zero attached hydrogens (tertiary/aromatic N) is 2. The Labute approximate surface area is 114 Å². The molecule has 1 saturated heterocycles. The summed E-state index contributed by atoms with van der Waals surface area (Å²) in [5.41, 5.74) is 0. The molecule has 2 rings (SSSR count). The molecule has 0 aromatic carbocycles. The number of hydrogen-bond acceptors (Lipinski definition) is 3.